The molecular weight excluding hydrogens is 530 g/mol. The predicted molar refractivity (Wildman–Crippen MR) is 159 cm³/mol. The summed E-state index contributed by atoms with van der Waals surface area (Å²) in [7, 11) is 0. The minimum atomic E-state index is -0.514. The fraction of sp³-hybridized carbons (Fsp3) is 0.531. The number of ether oxygens (including phenoxy) is 2. The van der Waals surface area contributed by atoms with Crippen LogP contribution in [0.4, 0.5) is 10.5 Å². The first-order valence-electron chi connectivity index (χ1n) is 14.8. The Morgan fingerprint density at radius 2 is 2.02 bits per heavy atom. The van der Waals surface area contributed by atoms with Gasteiger partial charge in [-0.15, -0.1) is 11.0 Å². The maximum atomic E-state index is 13.2. The maximum Gasteiger partial charge on any atom is 0.410 e. The summed E-state index contributed by atoms with van der Waals surface area (Å²) in [5.41, 5.74) is 3.34. The molecule has 0 N–H and O–H groups in total. The van der Waals surface area contributed by atoms with E-state index in [9.17, 15) is 4.79 Å². The lowest BCUT2D eigenvalue weighted by Gasteiger charge is -2.42. The summed E-state index contributed by atoms with van der Waals surface area (Å²) < 4.78 is 13.3. The molecule has 6 rings (SSSR count). The quantitative estimate of drug-likeness (QED) is 0.384. The Kier molecular flexibility index (Phi) is 7.62. The lowest BCUT2D eigenvalue weighted by atomic mass is 9.92. The third-order valence-electron chi connectivity index (χ3n) is 8.12. The molecule has 220 valence electrons. The van der Waals surface area contributed by atoms with Crippen LogP contribution in [-0.2, 0) is 15.0 Å². The van der Waals surface area contributed by atoms with E-state index in [-0.39, 0.29) is 12.1 Å². The van der Waals surface area contributed by atoms with Crippen LogP contribution in [0.25, 0.3) is 11.3 Å². The molecule has 2 aliphatic heterocycles. The number of aromatic nitrogens is 5. The Balaban J connectivity index is 1.18. The van der Waals surface area contributed by atoms with Crippen molar-refractivity contribution in [1.82, 2.24) is 29.9 Å². The number of hydrogen-bond acceptors (Lipinski definition) is 8. The summed E-state index contributed by atoms with van der Waals surface area (Å²) in [6.45, 7) is 11.0. The largest absolute Gasteiger partial charge is 0.444 e. The minimum Gasteiger partial charge on any atom is -0.444 e. The van der Waals surface area contributed by atoms with Crippen LogP contribution >= 0.6 is 0 Å². The van der Waals surface area contributed by atoms with E-state index < -0.39 is 11.1 Å². The number of piperidine rings is 1. The molecule has 3 fully saturated rings. The average molecular weight is 570 g/mol. The van der Waals surface area contributed by atoms with Crippen LogP contribution < -0.4 is 4.90 Å². The number of nitrogens with zero attached hydrogens (tertiary/aromatic N) is 7. The van der Waals surface area contributed by atoms with Gasteiger partial charge in [0.05, 0.1) is 43.0 Å². The first-order valence-corrected chi connectivity index (χ1v) is 14.8. The Bertz CT molecular complexity index is 1480. The molecular formula is C32H39N7O3. The number of pyridine rings is 2. The number of amides is 1. The molecule has 42 heavy (non-hydrogen) atoms. The van der Waals surface area contributed by atoms with E-state index in [1.165, 1.54) is 12.8 Å². The molecule has 1 atom stereocenters. The van der Waals surface area contributed by atoms with Crippen LogP contribution in [0.2, 0.25) is 0 Å². The number of rotatable bonds is 7. The lowest BCUT2D eigenvalue weighted by Crippen LogP contribution is -2.53. The molecule has 1 saturated carbocycles. The zero-order chi connectivity index (χ0) is 29.3. The van der Waals surface area contributed by atoms with Crippen molar-refractivity contribution in [3.8, 4) is 23.1 Å². The Labute approximate surface area is 247 Å². The normalized spacial score (nSPS) is 19.8. The molecule has 3 aromatic heterocycles. The molecule has 1 aliphatic carbocycles. The van der Waals surface area contributed by atoms with Gasteiger partial charge in [0.25, 0.3) is 0 Å². The van der Waals surface area contributed by atoms with Gasteiger partial charge in [-0.3, -0.25) is 9.97 Å². The van der Waals surface area contributed by atoms with Crippen LogP contribution in [0.15, 0.2) is 43.0 Å². The summed E-state index contributed by atoms with van der Waals surface area (Å²) >= 11 is 0. The highest BCUT2D eigenvalue weighted by molar-refractivity contribution is 5.69. The molecule has 2 saturated heterocycles. The Morgan fingerprint density at radius 1 is 1.19 bits per heavy atom. The van der Waals surface area contributed by atoms with Gasteiger partial charge < -0.3 is 19.3 Å². The first-order chi connectivity index (χ1) is 20.2. The summed E-state index contributed by atoms with van der Waals surface area (Å²) in [6, 6.07) is 6.27. The Morgan fingerprint density at radius 3 is 2.69 bits per heavy atom. The van der Waals surface area contributed by atoms with E-state index >= 15 is 0 Å². The van der Waals surface area contributed by atoms with E-state index in [0.29, 0.717) is 19.1 Å². The fourth-order valence-electron chi connectivity index (χ4n) is 5.65. The fourth-order valence-corrected chi connectivity index (χ4v) is 5.65. The number of hydrogen-bond donors (Lipinski definition) is 0. The van der Waals surface area contributed by atoms with E-state index in [1.807, 2.05) is 48.8 Å². The van der Waals surface area contributed by atoms with Crippen molar-refractivity contribution in [3.63, 3.8) is 0 Å². The third-order valence-corrected chi connectivity index (χ3v) is 8.12. The topological polar surface area (TPSA) is 98.5 Å². The van der Waals surface area contributed by atoms with Gasteiger partial charge in [0, 0.05) is 43.2 Å². The van der Waals surface area contributed by atoms with Crippen LogP contribution in [-0.4, -0.2) is 80.4 Å². The summed E-state index contributed by atoms with van der Waals surface area (Å²) in [5.74, 6) is 6.54. The second-order valence-electron chi connectivity index (χ2n) is 12.6. The van der Waals surface area contributed by atoms with Crippen molar-refractivity contribution >= 4 is 11.8 Å². The summed E-state index contributed by atoms with van der Waals surface area (Å²) in [5, 5.41) is 8.90. The SMILES string of the molecule is CC#Cc1cncc(-c2cn(C3(c4ccc(N5CCC[C@@H](N(CC6CC6)C(=O)OC(C)(C)C)C5)cn4)COC3)nn2)c1. The second kappa shape index (κ2) is 11.4. The molecule has 0 aromatic carbocycles. The van der Waals surface area contributed by atoms with Crippen molar-refractivity contribution in [2.45, 2.75) is 70.6 Å². The zero-order valence-electron chi connectivity index (χ0n) is 24.9. The highest BCUT2D eigenvalue weighted by atomic mass is 16.6. The van der Waals surface area contributed by atoms with Crippen molar-refractivity contribution in [2.75, 3.05) is 37.7 Å². The van der Waals surface area contributed by atoms with Gasteiger partial charge in [0.2, 0.25) is 0 Å². The number of carbonyl (C=O) groups is 1. The first kappa shape index (κ1) is 28.2. The zero-order valence-corrected chi connectivity index (χ0v) is 24.9. The summed E-state index contributed by atoms with van der Waals surface area (Å²) in [4.78, 5) is 26.7. The Hall–Kier alpha value is -3.97. The van der Waals surface area contributed by atoms with E-state index in [0.717, 1.165) is 60.7 Å². The maximum absolute atomic E-state index is 13.2. The van der Waals surface area contributed by atoms with E-state index in [2.05, 4.69) is 44.2 Å². The van der Waals surface area contributed by atoms with Gasteiger partial charge in [-0.2, -0.15) is 0 Å². The standard InChI is InChI=1S/C32H39N7O3/c1-5-7-24-14-25(16-33-15-24)28-20-39(36-35-28)32(21-41-22-32)29-12-11-26(17-34-29)37-13-6-8-27(19-37)38(18-23-9-10-23)30(40)42-31(2,3)4/h11-12,14-17,20,23,27H,6,8-10,13,18-19,21-22H2,1-4H3/t27-/m1/s1. The van der Waals surface area contributed by atoms with Gasteiger partial charge >= 0.3 is 6.09 Å². The van der Waals surface area contributed by atoms with Crippen molar-refractivity contribution in [3.05, 3.63) is 54.2 Å². The van der Waals surface area contributed by atoms with Crippen molar-refractivity contribution < 1.29 is 14.3 Å². The highest BCUT2D eigenvalue weighted by Gasteiger charge is 2.45. The van der Waals surface area contributed by atoms with Crippen LogP contribution in [0.3, 0.4) is 0 Å². The molecule has 10 heteroatoms. The monoisotopic (exact) mass is 569 g/mol. The molecule has 5 heterocycles. The van der Waals surface area contributed by atoms with Crippen molar-refractivity contribution in [2.24, 2.45) is 5.92 Å². The van der Waals surface area contributed by atoms with Gasteiger partial charge in [0.1, 0.15) is 11.3 Å². The molecule has 3 aromatic rings. The molecule has 0 radical (unpaired) electrons. The van der Waals surface area contributed by atoms with Gasteiger partial charge in [0.15, 0.2) is 5.54 Å². The number of carbonyl (C=O) groups excluding carboxylic acids is 1. The molecule has 0 unspecified atom stereocenters. The predicted octanol–water partition coefficient (Wildman–Crippen LogP) is 4.50. The molecule has 0 spiro atoms. The smallest absolute Gasteiger partial charge is 0.410 e. The number of anilines is 1. The highest BCUT2D eigenvalue weighted by Crippen LogP contribution is 2.35. The van der Waals surface area contributed by atoms with Crippen molar-refractivity contribution in [1.29, 1.82) is 0 Å². The van der Waals surface area contributed by atoms with E-state index in [4.69, 9.17) is 14.5 Å². The lowest BCUT2D eigenvalue weighted by molar-refractivity contribution is -0.0851. The van der Waals surface area contributed by atoms with Gasteiger partial charge in [-0.25, -0.2) is 9.48 Å². The van der Waals surface area contributed by atoms with Gasteiger partial charge in [-0.05, 0) is 77.5 Å². The third kappa shape index (κ3) is 5.97. The van der Waals surface area contributed by atoms with Crippen LogP contribution in [0.5, 0.6) is 0 Å². The second-order valence-corrected chi connectivity index (χ2v) is 12.6. The van der Waals surface area contributed by atoms with Crippen LogP contribution in [0.1, 0.15) is 64.6 Å². The molecule has 0 bridgehead atoms. The van der Waals surface area contributed by atoms with Gasteiger partial charge in [-0.1, -0.05) is 11.1 Å². The van der Waals surface area contributed by atoms with E-state index in [1.54, 1.807) is 19.3 Å². The minimum absolute atomic E-state index is 0.116. The average Bonchev–Trinajstić information content (AvgIpc) is 3.64. The molecule has 1 amide bonds. The molecule has 10 nitrogen and oxygen atoms in total. The summed E-state index contributed by atoms with van der Waals surface area (Å²) in [6.07, 6.45) is 11.5. The molecule has 3 aliphatic rings. The van der Waals surface area contributed by atoms with Crippen LogP contribution in [0, 0.1) is 17.8 Å².